The van der Waals surface area contributed by atoms with Gasteiger partial charge in [0.05, 0.1) is 25.0 Å². The molecule has 0 aliphatic carbocycles. The summed E-state index contributed by atoms with van der Waals surface area (Å²) in [6, 6.07) is 8.00. The summed E-state index contributed by atoms with van der Waals surface area (Å²) < 4.78 is 5.36. The van der Waals surface area contributed by atoms with Gasteiger partial charge in [-0.05, 0) is 37.1 Å². The van der Waals surface area contributed by atoms with Crippen LogP contribution in [0.4, 0.5) is 27.8 Å². The molecule has 4 heterocycles. The molecule has 3 aliphatic rings. The van der Waals surface area contributed by atoms with Gasteiger partial charge in [0.15, 0.2) is 0 Å². The van der Waals surface area contributed by atoms with Crippen LogP contribution in [-0.2, 0) is 9.57 Å². The summed E-state index contributed by atoms with van der Waals surface area (Å²) in [5.74, 6) is 1.03. The Labute approximate surface area is 223 Å². The van der Waals surface area contributed by atoms with Gasteiger partial charge < -0.3 is 35.3 Å². The third-order valence-electron chi connectivity index (χ3n) is 7.21. The number of nitrogen functional groups attached to an aromatic ring is 1. The Morgan fingerprint density at radius 1 is 1.00 bits per heavy atom. The fourth-order valence-corrected chi connectivity index (χ4v) is 4.97. The lowest BCUT2D eigenvalue weighted by atomic mass is 10.2. The molecule has 3 aliphatic heterocycles. The molecule has 3 fully saturated rings. The zero-order valence-corrected chi connectivity index (χ0v) is 21.8. The molecule has 0 atom stereocenters. The van der Waals surface area contributed by atoms with E-state index in [1.54, 1.807) is 6.21 Å². The molecular formula is C26H37N9O3. The number of carbonyl (C=O) groups is 1. The predicted octanol–water partition coefficient (Wildman–Crippen LogP) is 1.70. The summed E-state index contributed by atoms with van der Waals surface area (Å²) in [6.45, 7) is 9.17. The monoisotopic (exact) mass is 523 g/mol. The number of benzene rings is 1. The minimum absolute atomic E-state index is 0.101. The van der Waals surface area contributed by atoms with Gasteiger partial charge in [-0.15, -0.1) is 0 Å². The van der Waals surface area contributed by atoms with Crippen molar-refractivity contribution in [2.24, 2.45) is 5.16 Å². The average Bonchev–Trinajstić information content (AvgIpc) is 3.50. The normalized spacial score (nSPS) is 18.8. The van der Waals surface area contributed by atoms with Crippen molar-refractivity contribution in [3.8, 4) is 0 Å². The van der Waals surface area contributed by atoms with Gasteiger partial charge >= 0.3 is 6.03 Å². The molecule has 12 heteroatoms. The van der Waals surface area contributed by atoms with Gasteiger partial charge in [-0.1, -0.05) is 5.16 Å². The number of hydrogen-bond donors (Lipinski definition) is 2. The lowest BCUT2D eigenvalue weighted by Crippen LogP contribution is -2.50. The number of oxime groups is 1. The minimum Gasteiger partial charge on any atom is -0.394 e. The largest absolute Gasteiger partial charge is 0.394 e. The van der Waals surface area contributed by atoms with Gasteiger partial charge in [0.25, 0.3) is 0 Å². The van der Waals surface area contributed by atoms with Gasteiger partial charge in [0, 0.05) is 70.3 Å². The van der Waals surface area contributed by atoms with Crippen LogP contribution in [0.3, 0.4) is 0 Å². The van der Waals surface area contributed by atoms with Gasteiger partial charge in [-0.3, -0.25) is 4.90 Å². The van der Waals surface area contributed by atoms with Crippen molar-refractivity contribution in [2.45, 2.75) is 12.8 Å². The molecule has 1 aromatic carbocycles. The summed E-state index contributed by atoms with van der Waals surface area (Å²) in [4.78, 5) is 35.5. The Kier molecular flexibility index (Phi) is 8.71. The molecular weight excluding hydrogens is 486 g/mol. The van der Waals surface area contributed by atoms with Crippen molar-refractivity contribution in [3.63, 3.8) is 0 Å². The lowest BCUT2D eigenvalue weighted by molar-refractivity contribution is 0.0214. The van der Waals surface area contributed by atoms with Crippen LogP contribution in [0.1, 0.15) is 18.4 Å². The zero-order valence-electron chi connectivity index (χ0n) is 21.8. The number of piperazine rings is 1. The Balaban J connectivity index is 1.11. The molecule has 2 aromatic rings. The molecule has 5 rings (SSSR count). The van der Waals surface area contributed by atoms with Crippen LogP contribution in [0, 0.1) is 0 Å². The van der Waals surface area contributed by atoms with E-state index in [0.717, 1.165) is 51.6 Å². The minimum atomic E-state index is -0.101. The van der Waals surface area contributed by atoms with E-state index >= 15 is 0 Å². The number of aromatic nitrogens is 2. The molecule has 1 aromatic heterocycles. The van der Waals surface area contributed by atoms with Crippen molar-refractivity contribution in [2.75, 3.05) is 99.6 Å². The highest BCUT2D eigenvalue weighted by molar-refractivity contribution is 5.92. The van der Waals surface area contributed by atoms with Crippen LogP contribution < -0.4 is 20.9 Å². The maximum Gasteiger partial charge on any atom is 0.321 e. The molecule has 0 radical (unpaired) electrons. The van der Waals surface area contributed by atoms with Crippen molar-refractivity contribution >= 4 is 35.3 Å². The third kappa shape index (κ3) is 6.62. The number of ether oxygens (including phenoxy) is 1. The fraction of sp³-hybridized carbons (Fsp3) is 0.538. The molecule has 204 valence electrons. The topological polar surface area (TPSA) is 125 Å². The molecule has 0 saturated carbocycles. The van der Waals surface area contributed by atoms with Crippen LogP contribution >= 0.6 is 0 Å². The molecule has 0 spiro atoms. The van der Waals surface area contributed by atoms with Crippen LogP contribution in [-0.4, -0.2) is 111 Å². The molecule has 3 N–H and O–H groups in total. The number of anilines is 4. The standard InChI is InChI=1S/C26H37N9O3/c27-24-23(19-30-38-18-15-32-13-16-37-17-14-32)25(29-20-28-24)34-9-11-35(12-10-34)26(36)31-21-3-5-22(6-4-21)33-7-1-2-8-33/h3-6,19-20H,1-2,7-18H2,(H,31,36)(H2,27,28,29). The van der Waals surface area contributed by atoms with E-state index in [2.05, 4.69) is 47.3 Å². The van der Waals surface area contributed by atoms with Gasteiger partial charge in [-0.25, -0.2) is 14.8 Å². The van der Waals surface area contributed by atoms with E-state index in [1.807, 2.05) is 17.0 Å². The van der Waals surface area contributed by atoms with Crippen molar-refractivity contribution in [1.82, 2.24) is 19.8 Å². The van der Waals surface area contributed by atoms with E-state index in [1.165, 1.54) is 24.9 Å². The Morgan fingerprint density at radius 2 is 1.74 bits per heavy atom. The van der Waals surface area contributed by atoms with Crippen LogP contribution in [0.5, 0.6) is 0 Å². The fourth-order valence-electron chi connectivity index (χ4n) is 4.97. The second kappa shape index (κ2) is 12.7. The number of rotatable bonds is 8. The number of nitrogens with two attached hydrogens (primary N) is 1. The first-order valence-corrected chi connectivity index (χ1v) is 13.4. The van der Waals surface area contributed by atoms with Crippen LogP contribution in [0.2, 0.25) is 0 Å². The van der Waals surface area contributed by atoms with Crippen LogP contribution in [0.15, 0.2) is 35.7 Å². The van der Waals surface area contributed by atoms with Crippen molar-refractivity contribution < 1.29 is 14.4 Å². The van der Waals surface area contributed by atoms with Crippen molar-refractivity contribution in [1.29, 1.82) is 0 Å². The Morgan fingerprint density at radius 3 is 2.47 bits per heavy atom. The number of morpholine rings is 1. The summed E-state index contributed by atoms with van der Waals surface area (Å²) in [6.07, 6.45) is 5.51. The predicted molar refractivity (Wildman–Crippen MR) is 148 cm³/mol. The Hall–Kier alpha value is -3.64. The number of hydrogen-bond acceptors (Lipinski definition) is 10. The van der Waals surface area contributed by atoms with Gasteiger partial charge in [0.2, 0.25) is 0 Å². The first kappa shape index (κ1) is 26.0. The molecule has 0 bridgehead atoms. The number of urea groups is 1. The van der Waals surface area contributed by atoms with Gasteiger partial charge in [0.1, 0.15) is 24.6 Å². The summed E-state index contributed by atoms with van der Waals surface area (Å²) in [7, 11) is 0. The summed E-state index contributed by atoms with van der Waals surface area (Å²) in [5.41, 5.74) is 8.78. The van der Waals surface area contributed by atoms with E-state index < -0.39 is 0 Å². The maximum atomic E-state index is 12.9. The van der Waals surface area contributed by atoms with E-state index in [9.17, 15) is 4.79 Å². The van der Waals surface area contributed by atoms with Crippen molar-refractivity contribution in [3.05, 3.63) is 36.2 Å². The highest BCUT2D eigenvalue weighted by atomic mass is 16.6. The first-order valence-electron chi connectivity index (χ1n) is 13.4. The van der Waals surface area contributed by atoms with Crippen LogP contribution in [0.25, 0.3) is 0 Å². The Bertz CT molecular complexity index is 1080. The highest BCUT2D eigenvalue weighted by Crippen LogP contribution is 2.23. The van der Waals surface area contributed by atoms with E-state index in [4.69, 9.17) is 15.3 Å². The van der Waals surface area contributed by atoms with E-state index in [-0.39, 0.29) is 6.03 Å². The average molecular weight is 524 g/mol. The molecule has 38 heavy (non-hydrogen) atoms. The molecule has 12 nitrogen and oxygen atoms in total. The summed E-state index contributed by atoms with van der Waals surface area (Å²) >= 11 is 0. The SMILES string of the molecule is Nc1ncnc(N2CCN(C(=O)Nc3ccc(N4CCCC4)cc3)CC2)c1C=NOCCN1CCOCC1. The second-order valence-electron chi connectivity index (χ2n) is 9.66. The zero-order chi connectivity index (χ0) is 26.2. The first-order chi connectivity index (χ1) is 18.7. The molecule has 3 saturated heterocycles. The number of nitrogens with one attached hydrogen (secondary N) is 1. The number of carbonyl (C=O) groups excluding carboxylic acids is 1. The molecule has 2 amide bonds. The van der Waals surface area contributed by atoms with E-state index in [0.29, 0.717) is 50.0 Å². The lowest BCUT2D eigenvalue weighted by Gasteiger charge is -2.35. The third-order valence-corrected chi connectivity index (χ3v) is 7.21. The number of amides is 2. The van der Waals surface area contributed by atoms with Gasteiger partial charge in [-0.2, -0.15) is 0 Å². The smallest absolute Gasteiger partial charge is 0.321 e. The number of nitrogens with zero attached hydrogens (tertiary/aromatic N) is 7. The second-order valence-corrected chi connectivity index (χ2v) is 9.66. The maximum absolute atomic E-state index is 12.9. The summed E-state index contributed by atoms with van der Waals surface area (Å²) in [5, 5.41) is 7.14. The highest BCUT2D eigenvalue weighted by Gasteiger charge is 2.24. The molecule has 0 unspecified atom stereocenters. The quantitative estimate of drug-likeness (QED) is 0.302.